The third-order valence-electron chi connectivity index (χ3n) is 2.69. The van der Waals surface area contributed by atoms with Crippen LogP contribution in [0, 0.1) is 0 Å². The Kier molecular flexibility index (Phi) is 4.16. The Morgan fingerprint density at radius 3 is 2.63 bits per heavy atom. The molecule has 0 saturated heterocycles. The monoisotopic (exact) mass is 277 g/mol. The minimum absolute atomic E-state index is 0.0131. The first kappa shape index (κ1) is 13.5. The van der Waals surface area contributed by atoms with E-state index in [9.17, 15) is 4.79 Å². The van der Waals surface area contributed by atoms with Crippen molar-refractivity contribution in [3.05, 3.63) is 30.3 Å². The molecule has 0 spiro atoms. The minimum Gasteiger partial charge on any atom is -0.315 e. The number of hydrogen-bond acceptors (Lipinski definition) is 5. The number of carbonyl (C=O) groups excluding carboxylic acids is 1. The van der Waals surface area contributed by atoms with Crippen LogP contribution in [0.25, 0.3) is 0 Å². The van der Waals surface area contributed by atoms with Crippen LogP contribution in [0.5, 0.6) is 0 Å². The van der Waals surface area contributed by atoms with Crippen molar-refractivity contribution in [2.75, 3.05) is 11.9 Å². The van der Waals surface area contributed by atoms with Gasteiger partial charge in [0.05, 0.1) is 5.25 Å². The average Bonchev–Trinajstić information content (AvgIpc) is 2.83. The second kappa shape index (κ2) is 5.83. The van der Waals surface area contributed by atoms with E-state index in [1.807, 2.05) is 37.3 Å². The number of aryl methyl sites for hydroxylation is 1. The van der Waals surface area contributed by atoms with Gasteiger partial charge in [0.25, 0.3) is 0 Å². The van der Waals surface area contributed by atoms with Crippen molar-refractivity contribution >= 4 is 23.4 Å². The van der Waals surface area contributed by atoms with E-state index in [2.05, 4.69) is 15.5 Å². The molecule has 0 saturated carbocycles. The van der Waals surface area contributed by atoms with Crippen LogP contribution < -0.4 is 4.90 Å². The number of nitrogens with zero attached hydrogens (tertiary/aromatic N) is 5. The summed E-state index contributed by atoms with van der Waals surface area (Å²) in [6, 6.07) is 9.54. The summed E-state index contributed by atoms with van der Waals surface area (Å²) < 4.78 is 1.55. The molecule has 0 radical (unpaired) electrons. The highest BCUT2D eigenvalue weighted by Crippen LogP contribution is 2.22. The lowest BCUT2D eigenvalue weighted by atomic mass is 10.3. The molecule has 7 heteroatoms. The molecular formula is C12H15N5OS. The van der Waals surface area contributed by atoms with Gasteiger partial charge in [-0.05, 0) is 29.5 Å². The number of thioether (sulfide) groups is 1. The summed E-state index contributed by atoms with van der Waals surface area (Å²) in [5.41, 5.74) is 0.871. The molecule has 0 N–H and O–H groups in total. The van der Waals surface area contributed by atoms with Crippen LogP contribution in [0.1, 0.15) is 6.92 Å². The van der Waals surface area contributed by atoms with Crippen molar-refractivity contribution < 1.29 is 4.79 Å². The van der Waals surface area contributed by atoms with Gasteiger partial charge in [0.1, 0.15) is 0 Å². The normalized spacial score (nSPS) is 12.2. The predicted molar refractivity (Wildman–Crippen MR) is 74.0 cm³/mol. The Balaban J connectivity index is 2.05. The molecular weight excluding hydrogens is 262 g/mol. The molecule has 2 rings (SSSR count). The summed E-state index contributed by atoms with van der Waals surface area (Å²) in [6.45, 7) is 1.85. The molecule has 0 aliphatic heterocycles. The van der Waals surface area contributed by atoms with Crippen LogP contribution in [0.2, 0.25) is 0 Å². The van der Waals surface area contributed by atoms with E-state index in [4.69, 9.17) is 0 Å². The van der Waals surface area contributed by atoms with Crippen molar-refractivity contribution in [1.29, 1.82) is 0 Å². The quantitative estimate of drug-likeness (QED) is 0.789. The Morgan fingerprint density at radius 1 is 1.37 bits per heavy atom. The second-order valence-corrected chi connectivity index (χ2v) is 5.39. The Labute approximate surface area is 115 Å². The maximum absolute atomic E-state index is 12.3. The number of anilines is 1. The molecule has 0 fully saturated rings. The number of tetrazole rings is 1. The summed E-state index contributed by atoms with van der Waals surface area (Å²) in [5.74, 6) is 0.0131. The number of benzene rings is 1. The van der Waals surface area contributed by atoms with E-state index in [0.717, 1.165) is 5.69 Å². The average molecular weight is 277 g/mol. The van der Waals surface area contributed by atoms with Crippen LogP contribution >= 0.6 is 11.8 Å². The van der Waals surface area contributed by atoms with Crippen LogP contribution in [0.15, 0.2) is 35.5 Å². The molecule has 19 heavy (non-hydrogen) atoms. The van der Waals surface area contributed by atoms with Gasteiger partial charge in [0, 0.05) is 19.8 Å². The van der Waals surface area contributed by atoms with Gasteiger partial charge in [-0.1, -0.05) is 30.0 Å². The van der Waals surface area contributed by atoms with Gasteiger partial charge in [-0.3, -0.25) is 4.79 Å². The van der Waals surface area contributed by atoms with Gasteiger partial charge in [0.15, 0.2) is 0 Å². The smallest absolute Gasteiger partial charge is 0.240 e. The summed E-state index contributed by atoms with van der Waals surface area (Å²) in [4.78, 5) is 13.9. The SMILES string of the molecule is C[C@H](Sc1nnnn1C)C(=O)N(C)c1ccccc1. The summed E-state index contributed by atoms with van der Waals surface area (Å²) >= 11 is 1.34. The number of amides is 1. The predicted octanol–water partition coefficient (Wildman–Crippen LogP) is 1.35. The molecule has 1 atom stereocenters. The molecule has 1 amide bonds. The maximum atomic E-state index is 12.3. The highest BCUT2D eigenvalue weighted by atomic mass is 32.2. The Morgan fingerprint density at radius 2 is 2.05 bits per heavy atom. The van der Waals surface area contributed by atoms with Crippen molar-refractivity contribution in [1.82, 2.24) is 20.2 Å². The molecule has 0 aliphatic rings. The first-order chi connectivity index (χ1) is 9.09. The van der Waals surface area contributed by atoms with Crippen molar-refractivity contribution in [3.8, 4) is 0 Å². The van der Waals surface area contributed by atoms with E-state index < -0.39 is 0 Å². The van der Waals surface area contributed by atoms with E-state index >= 15 is 0 Å². The third kappa shape index (κ3) is 3.11. The number of hydrogen-bond donors (Lipinski definition) is 0. The Bertz CT molecular complexity index is 556. The summed E-state index contributed by atoms with van der Waals surface area (Å²) in [6.07, 6.45) is 0. The molecule has 6 nitrogen and oxygen atoms in total. The summed E-state index contributed by atoms with van der Waals surface area (Å²) in [5, 5.41) is 11.5. The first-order valence-electron chi connectivity index (χ1n) is 5.81. The summed E-state index contributed by atoms with van der Waals surface area (Å²) in [7, 11) is 3.52. The van der Waals surface area contributed by atoms with Gasteiger partial charge < -0.3 is 4.90 Å². The molecule has 100 valence electrons. The lowest BCUT2D eigenvalue weighted by Crippen LogP contribution is -2.33. The first-order valence-corrected chi connectivity index (χ1v) is 6.69. The molecule has 0 aliphatic carbocycles. The van der Waals surface area contributed by atoms with Crippen LogP contribution in [-0.4, -0.2) is 38.4 Å². The molecule has 0 bridgehead atoms. The van der Waals surface area contributed by atoms with E-state index in [0.29, 0.717) is 5.16 Å². The Hall–Kier alpha value is -1.89. The number of rotatable bonds is 4. The second-order valence-electron chi connectivity index (χ2n) is 4.08. The van der Waals surface area contributed by atoms with Crippen LogP contribution in [-0.2, 0) is 11.8 Å². The van der Waals surface area contributed by atoms with E-state index in [1.54, 1.807) is 23.7 Å². The van der Waals surface area contributed by atoms with Crippen molar-refractivity contribution in [3.63, 3.8) is 0 Å². The van der Waals surface area contributed by atoms with E-state index in [1.165, 1.54) is 11.8 Å². The molecule has 1 aromatic heterocycles. The highest BCUT2D eigenvalue weighted by molar-refractivity contribution is 8.00. The lowest BCUT2D eigenvalue weighted by molar-refractivity contribution is -0.117. The van der Waals surface area contributed by atoms with Crippen LogP contribution in [0.3, 0.4) is 0 Å². The number of carbonyl (C=O) groups is 1. The van der Waals surface area contributed by atoms with Gasteiger partial charge in [-0.2, -0.15) is 0 Å². The molecule has 0 unspecified atom stereocenters. The zero-order valence-corrected chi connectivity index (χ0v) is 11.8. The third-order valence-corrected chi connectivity index (χ3v) is 3.80. The molecule has 2 aromatic rings. The zero-order valence-electron chi connectivity index (χ0n) is 11.0. The van der Waals surface area contributed by atoms with Crippen molar-refractivity contribution in [2.24, 2.45) is 7.05 Å². The molecule has 1 heterocycles. The highest BCUT2D eigenvalue weighted by Gasteiger charge is 2.21. The fourth-order valence-corrected chi connectivity index (χ4v) is 2.43. The standard InChI is InChI=1S/C12H15N5OS/c1-9(19-12-13-14-15-17(12)3)11(18)16(2)10-7-5-4-6-8-10/h4-9H,1-3H3/t9-/m0/s1. The van der Waals surface area contributed by atoms with Gasteiger partial charge in [-0.15, -0.1) is 5.10 Å². The number of para-hydroxylation sites is 1. The number of aromatic nitrogens is 4. The van der Waals surface area contributed by atoms with Crippen LogP contribution in [0.4, 0.5) is 5.69 Å². The van der Waals surface area contributed by atoms with Gasteiger partial charge in [0.2, 0.25) is 11.1 Å². The topological polar surface area (TPSA) is 63.9 Å². The lowest BCUT2D eigenvalue weighted by Gasteiger charge is -2.20. The fourth-order valence-electron chi connectivity index (χ4n) is 1.58. The van der Waals surface area contributed by atoms with Gasteiger partial charge >= 0.3 is 0 Å². The fraction of sp³-hybridized carbons (Fsp3) is 0.333. The van der Waals surface area contributed by atoms with Gasteiger partial charge in [-0.25, -0.2) is 4.68 Å². The van der Waals surface area contributed by atoms with E-state index in [-0.39, 0.29) is 11.2 Å². The minimum atomic E-state index is -0.255. The zero-order chi connectivity index (χ0) is 13.8. The maximum Gasteiger partial charge on any atom is 0.240 e. The van der Waals surface area contributed by atoms with Crippen molar-refractivity contribution in [2.45, 2.75) is 17.3 Å². The largest absolute Gasteiger partial charge is 0.315 e. The molecule has 1 aromatic carbocycles.